The number of aromatic nitrogens is 2. The van der Waals surface area contributed by atoms with E-state index in [-0.39, 0.29) is 27.9 Å². The van der Waals surface area contributed by atoms with Gasteiger partial charge in [-0.2, -0.15) is 16.7 Å². The van der Waals surface area contributed by atoms with E-state index in [9.17, 15) is 10.1 Å². The first kappa shape index (κ1) is 17.4. The van der Waals surface area contributed by atoms with Gasteiger partial charge in [0.25, 0.3) is 0 Å². The summed E-state index contributed by atoms with van der Waals surface area (Å²) in [7, 11) is 0. The Kier molecular flexibility index (Phi) is 6.16. The van der Waals surface area contributed by atoms with Crippen LogP contribution in [0.3, 0.4) is 0 Å². The molecule has 0 aliphatic heterocycles. The summed E-state index contributed by atoms with van der Waals surface area (Å²) in [6.07, 6.45) is 3.95. The number of hydrogen-bond acceptors (Lipinski definition) is 8. The average Bonchev–Trinajstić information content (AvgIpc) is 2.48. The molecule has 0 spiro atoms. The number of aryl methyl sites for hydroxylation is 1. The van der Waals surface area contributed by atoms with Gasteiger partial charge in [0.05, 0.1) is 4.92 Å². The van der Waals surface area contributed by atoms with Crippen LogP contribution in [-0.4, -0.2) is 32.4 Å². The van der Waals surface area contributed by atoms with Crippen LogP contribution in [0.2, 0.25) is 0 Å². The Morgan fingerprint density at radius 2 is 2.00 bits per heavy atom. The Labute approximate surface area is 128 Å². The number of hydrazine groups is 1. The second-order valence-corrected chi connectivity index (χ2v) is 5.95. The topological polar surface area (TPSA) is 119 Å². The van der Waals surface area contributed by atoms with Gasteiger partial charge in [-0.05, 0) is 26.0 Å². The summed E-state index contributed by atoms with van der Waals surface area (Å²) in [5.74, 6) is 5.65. The van der Waals surface area contributed by atoms with Crippen LogP contribution in [0.4, 0.5) is 17.5 Å². The lowest BCUT2D eigenvalue weighted by molar-refractivity contribution is -0.385. The van der Waals surface area contributed by atoms with E-state index in [0.717, 1.165) is 12.8 Å². The van der Waals surface area contributed by atoms with Crippen molar-refractivity contribution in [1.29, 1.82) is 0 Å². The highest BCUT2D eigenvalue weighted by Gasteiger charge is 2.28. The molecule has 0 saturated carbocycles. The molecule has 118 valence electrons. The number of hydrogen-bond donors (Lipinski definition) is 3. The van der Waals surface area contributed by atoms with E-state index < -0.39 is 4.92 Å². The van der Waals surface area contributed by atoms with Crippen LogP contribution < -0.4 is 16.6 Å². The second kappa shape index (κ2) is 7.41. The molecular formula is C12H22N6O2S. The van der Waals surface area contributed by atoms with E-state index in [1.807, 2.05) is 6.26 Å². The van der Waals surface area contributed by atoms with Crippen molar-refractivity contribution in [2.45, 2.75) is 38.4 Å². The van der Waals surface area contributed by atoms with Crippen molar-refractivity contribution in [2.75, 3.05) is 23.5 Å². The number of thioether (sulfide) groups is 1. The highest BCUT2D eigenvalue weighted by atomic mass is 32.2. The lowest BCUT2D eigenvalue weighted by atomic mass is 10.0. The van der Waals surface area contributed by atoms with Gasteiger partial charge < -0.3 is 5.32 Å². The minimum atomic E-state index is -0.476. The maximum Gasteiger partial charge on any atom is 0.332 e. The maximum atomic E-state index is 11.2. The second-order valence-electron chi connectivity index (χ2n) is 4.68. The van der Waals surface area contributed by atoms with Gasteiger partial charge in [0, 0.05) is 11.3 Å². The molecule has 21 heavy (non-hydrogen) atoms. The Balaban J connectivity index is 3.11. The van der Waals surface area contributed by atoms with E-state index in [0.29, 0.717) is 6.54 Å². The van der Waals surface area contributed by atoms with E-state index in [1.54, 1.807) is 18.7 Å². The average molecular weight is 314 g/mol. The Bertz CT molecular complexity index is 499. The molecule has 0 amide bonds. The van der Waals surface area contributed by atoms with Crippen molar-refractivity contribution >= 4 is 29.2 Å². The first-order chi connectivity index (χ1) is 9.92. The molecule has 0 fully saturated rings. The zero-order valence-corrected chi connectivity index (χ0v) is 13.6. The molecule has 1 aromatic heterocycles. The minimum Gasteiger partial charge on any atom is -0.363 e. The Hall–Kier alpha value is -1.61. The SMILES string of the molecule is CCC(CC)(CNc1nc(NN)nc(C)c1[N+](=O)[O-])SC. The predicted octanol–water partition coefficient (Wildman–Crippen LogP) is 2.31. The van der Waals surface area contributed by atoms with Crippen LogP contribution in [0.1, 0.15) is 32.4 Å². The fraction of sp³-hybridized carbons (Fsp3) is 0.667. The minimum absolute atomic E-state index is 0.0169. The first-order valence-electron chi connectivity index (χ1n) is 6.71. The largest absolute Gasteiger partial charge is 0.363 e. The van der Waals surface area contributed by atoms with Crippen LogP contribution in [0.25, 0.3) is 0 Å². The summed E-state index contributed by atoms with van der Waals surface area (Å²) in [4.78, 5) is 18.7. The normalized spacial score (nSPS) is 11.3. The zero-order chi connectivity index (χ0) is 16.0. The lowest BCUT2D eigenvalue weighted by Crippen LogP contribution is -2.32. The summed E-state index contributed by atoms with van der Waals surface area (Å²) in [6.45, 7) is 6.36. The maximum absolute atomic E-state index is 11.2. The van der Waals surface area contributed by atoms with E-state index in [2.05, 4.69) is 34.6 Å². The van der Waals surface area contributed by atoms with E-state index in [4.69, 9.17) is 5.84 Å². The standard InChI is InChI=1S/C12H22N6O2S/c1-5-12(6-2,21-4)7-14-10-9(18(19)20)8(3)15-11(16-10)17-13/h5-7,13H2,1-4H3,(H2,14,15,16,17). The number of nitro groups is 1. The van der Waals surface area contributed by atoms with E-state index in [1.165, 1.54) is 0 Å². The van der Waals surface area contributed by atoms with Gasteiger partial charge in [-0.1, -0.05) is 13.8 Å². The van der Waals surface area contributed by atoms with Crippen LogP contribution in [0.15, 0.2) is 0 Å². The monoisotopic (exact) mass is 314 g/mol. The third-order valence-electron chi connectivity index (χ3n) is 3.67. The van der Waals surface area contributed by atoms with E-state index >= 15 is 0 Å². The van der Waals surface area contributed by atoms with Crippen LogP contribution in [0.5, 0.6) is 0 Å². The third kappa shape index (κ3) is 3.94. The molecule has 0 unspecified atom stereocenters. The molecule has 1 aromatic rings. The summed E-state index contributed by atoms with van der Waals surface area (Å²) in [5.41, 5.74) is 2.48. The highest BCUT2D eigenvalue weighted by Crippen LogP contribution is 2.32. The fourth-order valence-electron chi connectivity index (χ4n) is 2.08. The molecule has 8 nitrogen and oxygen atoms in total. The summed E-state index contributed by atoms with van der Waals surface area (Å²) in [6, 6.07) is 0. The Morgan fingerprint density at radius 1 is 1.38 bits per heavy atom. The van der Waals surface area contributed by atoms with Crippen molar-refractivity contribution in [2.24, 2.45) is 5.84 Å². The molecule has 9 heteroatoms. The molecule has 0 aromatic carbocycles. The fourth-order valence-corrected chi connectivity index (χ4v) is 2.87. The van der Waals surface area contributed by atoms with Crippen molar-refractivity contribution in [1.82, 2.24) is 9.97 Å². The summed E-state index contributed by atoms with van der Waals surface area (Å²) < 4.78 is 0.0169. The van der Waals surface area contributed by atoms with Gasteiger partial charge in [-0.25, -0.2) is 10.8 Å². The number of nitrogens with two attached hydrogens (primary N) is 1. The molecule has 0 bridgehead atoms. The van der Waals surface area contributed by atoms with Crippen molar-refractivity contribution in [3.63, 3.8) is 0 Å². The van der Waals surface area contributed by atoms with Crippen LogP contribution in [-0.2, 0) is 0 Å². The molecule has 0 aliphatic carbocycles. The van der Waals surface area contributed by atoms with Gasteiger partial charge >= 0.3 is 5.69 Å². The predicted molar refractivity (Wildman–Crippen MR) is 86.6 cm³/mol. The molecular weight excluding hydrogens is 292 g/mol. The first-order valence-corrected chi connectivity index (χ1v) is 7.94. The molecule has 0 atom stereocenters. The van der Waals surface area contributed by atoms with Gasteiger partial charge in [0.2, 0.25) is 11.8 Å². The number of rotatable bonds is 8. The van der Waals surface area contributed by atoms with Crippen LogP contribution in [0, 0.1) is 17.0 Å². The van der Waals surface area contributed by atoms with Crippen molar-refractivity contribution in [3.8, 4) is 0 Å². The lowest BCUT2D eigenvalue weighted by Gasteiger charge is -2.30. The van der Waals surface area contributed by atoms with Crippen molar-refractivity contribution in [3.05, 3.63) is 15.8 Å². The smallest absolute Gasteiger partial charge is 0.332 e. The van der Waals surface area contributed by atoms with Gasteiger partial charge in [0.1, 0.15) is 5.69 Å². The number of nitrogen functional groups attached to an aromatic ring is 1. The molecule has 0 aliphatic rings. The molecule has 4 N–H and O–H groups in total. The molecule has 1 heterocycles. The van der Waals surface area contributed by atoms with Crippen LogP contribution >= 0.6 is 11.8 Å². The van der Waals surface area contributed by atoms with Gasteiger partial charge in [0.15, 0.2) is 0 Å². The highest BCUT2D eigenvalue weighted by molar-refractivity contribution is 8.00. The molecule has 1 rings (SSSR count). The quantitative estimate of drug-likeness (QED) is 0.380. The van der Waals surface area contributed by atoms with Crippen molar-refractivity contribution < 1.29 is 4.92 Å². The third-order valence-corrected chi connectivity index (χ3v) is 5.26. The van der Waals surface area contributed by atoms with Gasteiger partial charge in [-0.3, -0.25) is 15.5 Å². The summed E-state index contributed by atoms with van der Waals surface area (Å²) in [5, 5.41) is 14.3. The Morgan fingerprint density at radius 3 is 2.43 bits per heavy atom. The number of nitrogens with one attached hydrogen (secondary N) is 2. The number of nitrogens with zero attached hydrogens (tertiary/aromatic N) is 3. The molecule has 0 saturated heterocycles. The number of anilines is 2. The van der Waals surface area contributed by atoms with Gasteiger partial charge in [-0.15, -0.1) is 0 Å². The summed E-state index contributed by atoms with van der Waals surface area (Å²) >= 11 is 1.75. The molecule has 0 radical (unpaired) electrons. The zero-order valence-electron chi connectivity index (χ0n) is 12.8.